The molecule has 5 rings (SSSR count). The average molecular weight is 532 g/mol. The highest BCUT2D eigenvalue weighted by Crippen LogP contribution is 2.42. The third-order valence-electron chi connectivity index (χ3n) is 6.74. The summed E-state index contributed by atoms with van der Waals surface area (Å²) in [6.45, 7) is 5.75. The van der Waals surface area contributed by atoms with Gasteiger partial charge in [0.05, 0.1) is 27.1 Å². The maximum Gasteiger partial charge on any atom is 0.254 e. The summed E-state index contributed by atoms with van der Waals surface area (Å²) < 4.78 is 2.13. The number of amides is 2. The number of rotatable bonds is 5. The first-order valence-corrected chi connectivity index (χ1v) is 12.9. The van der Waals surface area contributed by atoms with Crippen LogP contribution in [0.2, 0.25) is 10.0 Å². The fraction of sp³-hybridized carbons (Fsp3) is 0.200. The normalized spacial score (nSPS) is 14.3. The first-order chi connectivity index (χ1) is 17.8. The lowest BCUT2D eigenvalue weighted by atomic mass is 9.97. The van der Waals surface area contributed by atoms with Crippen molar-refractivity contribution < 1.29 is 9.59 Å². The maximum atomic E-state index is 14.2. The lowest BCUT2D eigenvalue weighted by Crippen LogP contribution is -2.48. The van der Waals surface area contributed by atoms with E-state index in [0.29, 0.717) is 15.6 Å². The van der Waals surface area contributed by atoms with Gasteiger partial charge in [0.25, 0.3) is 5.91 Å². The van der Waals surface area contributed by atoms with Gasteiger partial charge in [-0.3, -0.25) is 14.5 Å². The number of hydrogen-bond donors (Lipinski definition) is 0. The van der Waals surface area contributed by atoms with Crippen LogP contribution in [-0.4, -0.2) is 33.9 Å². The second-order valence-corrected chi connectivity index (χ2v) is 10.3. The van der Waals surface area contributed by atoms with Crippen LogP contribution in [0.4, 0.5) is 5.69 Å². The number of fused-ring (bicyclic) bond motifs is 3. The summed E-state index contributed by atoms with van der Waals surface area (Å²) in [5, 5.41) is 0.673. The molecular weight excluding hydrogens is 505 g/mol. The van der Waals surface area contributed by atoms with Gasteiger partial charge in [-0.15, -0.1) is 0 Å². The Balaban J connectivity index is 1.56. The third-order valence-corrected chi connectivity index (χ3v) is 7.48. The summed E-state index contributed by atoms with van der Waals surface area (Å²) in [5.41, 5.74) is 5.24. The fourth-order valence-corrected chi connectivity index (χ4v) is 5.13. The molecule has 2 heterocycles. The van der Waals surface area contributed by atoms with Crippen molar-refractivity contribution >= 4 is 40.7 Å². The van der Waals surface area contributed by atoms with E-state index in [4.69, 9.17) is 23.2 Å². The minimum absolute atomic E-state index is 0.0891. The van der Waals surface area contributed by atoms with E-state index in [-0.39, 0.29) is 30.4 Å². The minimum atomic E-state index is -0.341. The Morgan fingerprint density at radius 1 is 0.892 bits per heavy atom. The number of anilines is 1. The topological polar surface area (TPSA) is 45.6 Å². The monoisotopic (exact) mass is 531 g/mol. The molecule has 0 radical (unpaired) electrons. The Bertz CT molecular complexity index is 1480. The molecule has 0 spiro atoms. The van der Waals surface area contributed by atoms with E-state index < -0.39 is 0 Å². The zero-order chi connectivity index (χ0) is 26.3. The van der Waals surface area contributed by atoms with Gasteiger partial charge in [0, 0.05) is 17.8 Å². The van der Waals surface area contributed by atoms with Gasteiger partial charge >= 0.3 is 0 Å². The molecule has 7 heteroatoms. The molecule has 188 valence electrons. The molecule has 1 atom stereocenters. The molecule has 0 saturated carbocycles. The highest BCUT2D eigenvalue weighted by molar-refractivity contribution is 6.42. The summed E-state index contributed by atoms with van der Waals surface area (Å²) in [7, 11) is 0. The number of benzene rings is 3. The van der Waals surface area contributed by atoms with Crippen LogP contribution in [0.5, 0.6) is 0 Å². The number of carbonyl (C=O) groups is 2. The molecule has 5 nitrogen and oxygen atoms in total. The number of para-hydroxylation sites is 2. The first kappa shape index (κ1) is 25.1. The fourth-order valence-electron chi connectivity index (χ4n) is 4.83. The molecule has 1 aromatic heterocycles. The van der Waals surface area contributed by atoms with E-state index in [2.05, 4.69) is 28.8 Å². The molecule has 4 aromatic rings. The summed E-state index contributed by atoms with van der Waals surface area (Å²) in [5.74, 6) is -0.449. The van der Waals surface area contributed by atoms with Gasteiger partial charge < -0.3 is 9.47 Å². The maximum absolute atomic E-state index is 14.2. The number of hydrogen-bond acceptors (Lipinski definition) is 2. The molecule has 1 unspecified atom stereocenters. The van der Waals surface area contributed by atoms with Crippen LogP contribution in [0.25, 0.3) is 5.69 Å². The van der Waals surface area contributed by atoms with Crippen molar-refractivity contribution in [1.29, 1.82) is 0 Å². The van der Waals surface area contributed by atoms with Crippen LogP contribution < -0.4 is 4.90 Å². The number of aromatic nitrogens is 1. The van der Waals surface area contributed by atoms with Gasteiger partial charge in [-0.25, -0.2) is 0 Å². The molecule has 2 amide bonds. The lowest BCUT2D eigenvalue weighted by Gasteiger charge is -2.40. The van der Waals surface area contributed by atoms with Gasteiger partial charge in [0.2, 0.25) is 5.91 Å². The largest absolute Gasteiger partial charge is 0.327 e. The summed E-state index contributed by atoms with van der Waals surface area (Å²) >= 11 is 12.2. The second kappa shape index (κ2) is 10.1. The number of aryl methyl sites for hydroxylation is 1. The summed E-state index contributed by atoms with van der Waals surface area (Å²) in [4.78, 5) is 31.1. The van der Waals surface area contributed by atoms with Crippen molar-refractivity contribution in [2.45, 2.75) is 32.9 Å². The lowest BCUT2D eigenvalue weighted by molar-refractivity contribution is -0.120. The molecule has 1 aliphatic rings. The standard InChI is InChI=1S/C30H27Cl2N3O2/c1-19(2)34(30(37)22-14-15-23(31)24(32)17-22)18-28(36)35-26-8-5-4-7-25(26)33-16-6-9-27(33)29(35)21-12-10-20(3)11-13-21/h4-17,19,29H,18H2,1-3H3. The highest BCUT2D eigenvalue weighted by Gasteiger charge is 2.37. The number of carbonyl (C=O) groups excluding carboxylic acids is 2. The second-order valence-electron chi connectivity index (χ2n) is 9.52. The van der Waals surface area contributed by atoms with Gasteiger partial charge in [0.1, 0.15) is 12.6 Å². The van der Waals surface area contributed by atoms with Gasteiger partial charge in [-0.2, -0.15) is 0 Å². The Hall–Kier alpha value is -3.54. The van der Waals surface area contributed by atoms with E-state index in [0.717, 1.165) is 28.2 Å². The Labute approximate surface area is 226 Å². The Morgan fingerprint density at radius 3 is 2.27 bits per heavy atom. The molecule has 37 heavy (non-hydrogen) atoms. The molecule has 1 aliphatic heterocycles. The minimum Gasteiger partial charge on any atom is -0.327 e. The van der Waals surface area contributed by atoms with Crippen molar-refractivity contribution in [2.24, 2.45) is 0 Å². The van der Waals surface area contributed by atoms with Crippen LogP contribution in [0, 0.1) is 6.92 Å². The smallest absolute Gasteiger partial charge is 0.254 e. The van der Waals surface area contributed by atoms with E-state index in [1.807, 2.05) is 68.3 Å². The van der Waals surface area contributed by atoms with Crippen LogP contribution in [0.15, 0.2) is 85.1 Å². The summed E-state index contributed by atoms with van der Waals surface area (Å²) in [6.07, 6.45) is 2.02. The van der Waals surface area contributed by atoms with E-state index in [9.17, 15) is 9.59 Å². The van der Waals surface area contributed by atoms with Crippen molar-refractivity contribution in [3.8, 4) is 5.69 Å². The molecule has 3 aromatic carbocycles. The Morgan fingerprint density at radius 2 is 1.59 bits per heavy atom. The average Bonchev–Trinajstić information content (AvgIpc) is 3.38. The van der Waals surface area contributed by atoms with Gasteiger partial charge in [-0.1, -0.05) is 65.2 Å². The third kappa shape index (κ3) is 4.65. The van der Waals surface area contributed by atoms with E-state index in [1.54, 1.807) is 23.1 Å². The van der Waals surface area contributed by atoms with Crippen molar-refractivity contribution in [3.63, 3.8) is 0 Å². The SMILES string of the molecule is Cc1ccc(C2c3cccn3-c3ccccc3N2C(=O)CN(C(=O)c2ccc(Cl)c(Cl)c2)C(C)C)cc1. The molecule has 0 N–H and O–H groups in total. The van der Waals surface area contributed by atoms with Crippen LogP contribution in [0.1, 0.15) is 47.1 Å². The molecule has 0 aliphatic carbocycles. The molecule has 0 bridgehead atoms. The Kier molecular flexibility index (Phi) is 6.84. The molecule has 0 fully saturated rings. The predicted molar refractivity (Wildman–Crippen MR) is 149 cm³/mol. The predicted octanol–water partition coefficient (Wildman–Crippen LogP) is 7.08. The van der Waals surface area contributed by atoms with E-state index in [1.165, 1.54) is 0 Å². The van der Waals surface area contributed by atoms with Crippen molar-refractivity contribution in [2.75, 3.05) is 11.4 Å². The summed E-state index contributed by atoms with van der Waals surface area (Å²) in [6, 6.07) is 24.4. The van der Waals surface area contributed by atoms with Crippen LogP contribution >= 0.6 is 23.2 Å². The van der Waals surface area contributed by atoms with E-state index >= 15 is 0 Å². The molecular formula is C30H27Cl2N3O2. The number of nitrogens with zero attached hydrogens (tertiary/aromatic N) is 3. The van der Waals surface area contributed by atoms with Crippen LogP contribution in [-0.2, 0) is 4.79 Å². The van der Waals surface area contributed by atoms with Crippen LogP contribution in [0.3, 0.4) is 0 Å². The van der Waals surface area contributed by atoms with Crippen molar-refractivity contribution in [3.05, 3.63) is 117 Å². The number of halogens is 2. The molecule has 0 saturated heterocycles. The van der Waals surface area contributed by atoms with Gasteiger partial charge in [-0.05, 0) is 68.8 Å². The quantitative estimate of drug-likeness (QED) is 0.276. The van der Waals surface area contributed by atoms with Crippen molar-refractivity contribution in [1.82, 2.24) is 9.47 Å². The zero-order valence-corrected chi connectivity index (χ0v) is 22.4. The van der Waals surface area contributed by atoms with Gasteiger partial charge in [0.15, 0.2) is 0 Å². The first-order valence-electron chi connectivity index (χ1n) is 12.2. The zero-order valence-electron chi connectivity index (χ0n) is 20.9. The highest BCUT2D eigenvalue weighted by atomic mass is 35.5.